The van der Waals surface area contributed by atoms with Gasteiger partial charge in [0.25, 0.3) is 0 Å². The van der Waals surface area contributed by atoms with Crippen molar-refractivity contribution >= 4 is 25.5 Å². The van der Waals surface area contributed by atoms with E-state index in [9.17, 15) is 28.9 Å². The molecule has 0 heterocycles. The Morgan fingerprint density at radius 2 is 1.07 bits per heavy atom. The molecule has 314 valence electrons. The van der Waals surface area contributed by atoms with E-state index in [1.807, 2.05) is 6.08 Å². The van der Waals surface area contributed by atoms with Crippen molar-refractivity contribution in [3.05, 3.63) is 36.5 Å². The van der Waals surface area contributed by atoms with Gasteiger partial charge in [-0.2, -0.15) is 0 Å². The third-order valence-electron chi connectivity index (χ3n) is 8.74. The molecule has 0 fully saturated rings. The summed E-state index contributed by atoms with van der Waals surface area (Å²) in [5.74, 6) is -0.920. The maximum absolute atomic E-state index is 12.6. The molecule has 3 atom stereocenters. The lowest BCUT2D eigenvalue weighted by Crippen LogP contribution is -2.29. The predicted molar refractivity (Wildman–Crippen MR) is 215 cm³/mol. The first-order valence-corrected chi connectivity index (χ1v) is 22.4. The van der Waals surface area contributed by atoms with Gasteiger partial charge in [0.15, 0.2) is 11.9 Å². The molecular weight excluding hydrogens is 711 g/mol. The number of esters is 2. The number of hydrogen-bond donors (Lipinski definition) is 3. The molecule has 11 nitrogen and oxygen atoms in total. The number of carbonyl (C=O) groups excluding carboxylic acids is 3. The molecule has 54 heavy (non-hydrogen) atoms. The molecule has 0 aromatic carbocycles. The number of aliphatic hydroxyl groups is 2. The number of ketones is 1. The van der Waals surface area contributed by atoms with Crippen LogP contribution in [-0.4, -0.2) is 71.5 Å². The summed E-state index contributed by atoms with van der Waals surface area (Å²) in [4.78, 5) is 46.9. The lowest BCUT2D eigenvalue weighted by Gasteiger charge is -2.20. The average Bonchev–Trinajstić information content (AvgIpc) is 3.15. The molecule has 0 amide bonds. The second-order valence-corrected chi connectivity index (χ2v) is 15.5. The number of rotatable bonds is 39. The second kappa shape index (κ2) is 37.8. The van der Waals surface area contributed by atoms with Crippen LogP contribution in [0.5, 0.6) is 0 Å². The van der Waals surface area contributed by atoms with Crippen LogP contribution in [0, 0.1) is 0 Å². The third-order valence-corrected chi connectivity index (χ3v) is 9.69. The lowest BCUT2D eigenvalue weighted by atomic mass is 10.1. The van der Waals surface area contributed by atoms with Crippen LogP contribution in [0.1, 0.15) is 174 Å². The maximum atomic E-state index is 12.6. The summed E-state index contributed by atoms with van der Waals surface area (Å²) in [6, 6.07) is 0. The molecule has 0 saturated heterocycles. The van der Waals surface area contributed by atoms with Crippen molar-refractivity contribution < 1.29 is 52.6 Å². The molecule has 0 saturated carbocycles. The van der Waals surface area contributed by atoms with Gasteiger partial charge in [-0.25, -0.2) is 4.57 Å². The summed E-state index contributed by atoms with van der Waals surface area (Å²) in [6.07, 6.45) is 33.6. The van der Waals surface area contributed by atoms with Crippen LogP contribution in [0.3, 0.4) is 0 Å². The number of unbranched alkanes of at least 4 members (excludes halogenated alkanes) is 18. The van der Waals surface area contributed by atoms with Gasteiger partial charge in [-0.1, -0.05) is 128 Å². The van der Waals surface area contributed by atoms with Crippen LogP contribution < -0.4 is 0 Å². The highest BCUT2D eigenvalue weighted by atomic mass is 31.2. The van der Waals surface area contributed by atoms with Crippen LogP contribution in [0.15, 0.2) is 36.5 Å². The Bertz CT molecular complexity index is 1060. The van der Waals surface area contributed by atoms with Crippen LogP contribution in [0.2, 0.25) is 0 Å². The van der Waals surface area contributed by atoms with E-state index < -0.39 is 51.8 Å². The molecule has 0 spiro atoms. The first-order valence-electron chi connectivity index (χ1n) is 20.9. The van der Waals surface area contributed by atoms with E-state index in [0.29, 0.717) is 19.3 Å². The molecule has 0 aromatic heterocycles. The zero-order valence-electron chi connectivity index (χ0n) is 33.7. The average molecular weight is 787 g/mol. The molecule has 0 aliphatic carbocycles. The lowest BCUT2D eigenvalue weighted by molar-refractivity contribution is -0.161. The normalized spacial score (nSPS) is 14.2. The molecule has 3 N–H and O–H groups in total. The van der Waals surface area contributed by atoms with Gasteiger partial charge in [-0.05, 0) is 63.9 Å². The number of aliphatic hydroxyl groups excluding tert-OH is 2. The van der Waals surface area contributed by atoms with Gasteiger partial charge in [0.1, 0.15) is 12.7 Å². The van der Waals surface area contributed by atoms with Crippen molar-refractivity contribution in [2.45, 2.75) is 187 Å². The predicted octanol–water partition coefficient (Wildman–Crippen LogP) is 9.96. The molecule has 0 bridgehead atoms. The highest BCUT2D eigenvalue weighted by molar-refractivity contribution is 7.47. The van der Waals surface area contributed by atoms with Gasteiger partial charge < -0.3 is 24.6 Å². The maximum Gasteiger partial charge on any atom is 0.472 e. The molecule has 0 rings (SSSR count). The Balaban J connectivity index is 4.42. The molecule has 12 heteroatoms. The van der Waals surface area contributed by atoms with Crippen molar-refractivity contribution in [3.63, 3.8) is 0 Å². The number of phosphoric ester groups is 1. The van der Waals surface area contributed by atoms with Crippen molar-refractivity contribution in [2.24, 2.45) is 0 Å². The largest absolute Gasteiger partial charge is 0.472 e. The van der Waals surface area contributed by atoms with Crippen LogP contribution >= 0.6 is 7.82 Å². The number of phosphoric acid groups is 1. The summed E-state index contributed by atoms with van der Waals surface area (Å²) in [5, 5.41) is 18.3. The minimum atomic E-state index is -4.64. The van der Waals surface area contributed by atoms with Gasteiger partial charge in [0.05, 0.1) is 19.8 Å². The van der Waals surface area contributed by atoms with E-state index in [1.165, 1.54) is 57.8 Å². The Hall–Kier alpha value is -2.14. The van der Waals surface area contributed by atoms with Crippen LogP contribution in [0.4, 0.5) is 0 Å². The standard InChI is InChI=1S/C42H75O11P/c1-3-5-7-9-11-12-13-14-15-16-17-18-20-24-29-33-42(47)53-40(37-52-54(48,49)51-35-39(45)34-43)36-50-41(46)32-28-25-21-23-27-31-38(44)30-26-22-19-10-8-6-4-2/h14-15,19,22,26,30,39-40,43,45H,3-13,16-18,20-21,23-25,27-29,31-37H2,1-2H3,(H,48,49)/b15-14-,22-19-,30-26+/t39-,40+/m0/s1. The van der Waals surface area contributed by atoms with E-state index in [4.69, 9.17) is 19.1 Å². The third kappa shape index (κ3) is 36.8. The fourth-order valence-electron chi connectivity index (χ4n) is 5.44. The second-order valence-electron chi connectivity index (χ2n) is 14.0. The van der Waals surface area contributed by atoms with Crippen molar-refractivity contribution in [3.8, 4) is 0 Å². The van der Waals surface area contributed by atoms with Crippen LogP contribution in [-0.2, 0) is 37.5 Å². The number of carbonyl (C=O) groups is 3. The summed E-state index contributed by atoms with van der Waals surface area (Å²) in [7, 11) is -4.64. The minimum Gasteiger partial charge on any atom is -0.462 e. The fraction of sp³-hybridized carbons (Fsp3) is 0.786. The molecule has 0 radical (unpaired) electrons. The minimum absolute atomic E-state index is 0.107. The highest BCUT2D eigenvalue weighted by Crippen LogP contribution is 2.43. The summed E-state index contributed by atoms with van der Waals surface area (Å²) < 4.78 is 32.6. The Labute approximate surface area is 327 Å². The molecular formula is C42H75O11P. The van der Waals surface area contributed by atoms with Gasteiger partial charge in [0, 0.05) is 19.3 Å². The van der Waals surface area contributed by atoms with E-state index in [2.05, 4.69) is 36.6 Å². The molecule has 1 unspecified atom stereocenters. The molecule has 0 aliphatic rings. The van der Waals surface area contributed by atoms with E-state index >= 15 is 0 Å². The van der Waals surface area contributed by atoms with Gasteiger partial charge in [0.2, 0.25) is 0 Å². The van der Waals surface area contributed by atoms with E-state index in [1.54, 1.807) is 12.2 Å². The van der Waals surface area contributed by atoms with Crippen molar-refractivity contribution in [1.29, 1.82) is 0 Å². The first-order chi connectivity index (χ1) is 26.1. The Morgan fingerprint density at radius 3 is 1.69 bits per heavy atom. The number of ether oxygens (including phenoxy) is 2. The highest BCUT2D eigenvalue weighted by Gasteiger charge is 2.27. The topological polar surface area (TPSA) is 166 Å². The van der Waals surface area contributed by atoms with Gasteiger partial charge in [-0.3, -0.25) is 23.4 Å². The SMILES string of the molecule is CCCCC/C=C\C=C\C(=O)CCCCCCCC(=O)OC[C@H](COP(=O)(O)OC[C@@H](O)CO)OC(=O)CCCCCCC/C=C\CCCCCCCC. The summed E-state index contributed by atoms with van der Waals surface area (Å²) in [5.41, 5.74) is 0. The molecule has 0 aromatic rings. The summed E-state index contributed by atoms with van der Waals surface area (Å²) >= 11 is 0. The first kappa shape index (κ1) is 51.9. The van der Waals surface area contributed by atoms with Gasteiger partial charge in [-0.15, -0.1) is 0 Å². The molecule has 0 aliphatic heterocycles. The Morgan fingerprint density at radius 1 is 0.593 bits per heavy atom. The monoisotopic (exact) mass is 787 g/mol. The number of hydrogen-bond acceptors (Lipinski definition) is 10. The Kier molecular flexibility index (Phi) is 36.3. The van der Waals surface area contributed by atoms with Crippen molar-refractivity contribution in [1.82, 2.24) is 0 Å². The van der Waals surface area contributed by atoms with Crippen molar-refractivity contribution in [2.75, 3.05) is 26.4 Å². The fourth-order valence-corrected chi connectivity index (χ4v) is 6.23. The zero-order valence-corrected chi connectivity index (χ0v) is 34.6. The summed E-state index contributed by atoms with van der Waals surface area (Å²) in [6.45, 7) is 2.17. The number of allylic oxidation sites excluding steroid dienone is 6. The van der Waals surface area contributed by atoms with Crippen LogP contribution in [0.25, 0.3) is 0 Å². The smallest absolute Gasteiger partial charge is 0.462 e. The van der Waals surface area contributed by atoms with E-state index in [0.717, 1.165) is 70.6 Å². The van der Waals surface area contributed by atoms with E-state index in [-0.39, 0.29) is 25.2 Å². The zero-order chi connectivity index (χ0) is 40.0. The van der Waals surface area contributed by atoms with Gasteiger partial charge >= 0.3 is 19.8 Å². The quantitative estimate of drug-likeness (QED) is 0.0136.